The van der Waals surface area contributed by atoms with Crippen LogP contribution in [0.4, 0.5) is 0 Å². The lowest BCUT2D eigenvalue weighted by Crippen LogP contribution is -2.47. The summed E-state index contributed by atoms with van der Waals surface area (Å²) >= 11 is 0. The fourth-order valence-electron chi connectivity index (χ4n) is 2.30. The Hall–Kier alpha value is -0.660. The summed E-state index contributed by atoms with van der Waals surface area (Å²) in [5, 5.41) is 9.18. The molecule has 0 aromatic carbocycles. The van der Waals surface area contributed by atoms with Gasteiger partial charge in [-0.1, -0.05) is 20.8 Å². The topological polar surface area (TPSA) is 83.9 Å². The van der Waals surface area contributed by atoms with Gasteiger partial charge in [0.05, 0.1) is 30.9 Å². The average molecular weight is 307 g/mol. The molecular formula is C13H25NO5S. The van der Waals surface area contributed by atoms with Crippen molar-refractivity contribution >= 4 is 16.0 Å². The van der Waals surface area contributed by atoms with E-state index < -0.39 is 28.0 Å². The zero-order valence-corrected chi connectivity index (χ0v) is 13.2. The maximum absolute atomic E-state index is 12.5. The van der Waals surface area contributed by atoms with Gasteiger partial charge in [0.1, 0.15) is 0 Å². The third-order valence-electron chi connectivity index (χ3n) is 3.49. The molecule has 6 nitrogen and oxygen atoms in total. The first-order valence-corrected chi connectivity index (χ1v) is 8.70. The van der Waals surface area contributed by atoms with Crippen LogP contribution in [0.25, 0.3) is 0 Å². The number of ether oxygens (including phenoxy) is 1. The fourth-order valence-corrected chi connectivity index (χ4v) is 4.38. The predicted octanol–water partition coefficient (Wildman–Crippen LogP) is 1.17. The first kappa shape index (κ1) is 17.4. The molecule has 1 fully saturated rings. The van der Waals surface area contributed by atoms with Crippen LogP contribution in [0.1, 0.15) is 33.6 Å². The van der Waals surface area contributed by atoms with E-state index in [1.807, 2.05) is 20.8 Å². The molecule has 1 aliphatic heterocycles. The van der Waals surface area contributed by atoms with Gasteiger partial charge in [0, 0.05) is 6.54 Å². The fraction of sp³-hybridized carbons (Fsp3) is 0.923. The minimum Gasteiger partial charge on any atom is -0.481 e. The number of rotatable bonds is 8. The predicted molar refractivity (Wildman–Crippen MR) is 76.0 cm³/mol. The lowest BCUT2D eigenvalue weighted by Gasteiger charge is -2.29. The Labute approximate surface area is 121 Å². The highest BCUT2D eigenvalue weighted by Gasteiger charge is 2.42. The average Bonchev–Trinajstić information content (AvgIpc) is 2.82. The van der Waals surface area contributed by atoms with E-state index >= 15 is 0 Å². The summed E-state index contributed by atoms with van der Waals surface area (Å²) in [6.07, 6.45) is 1.23. The molecule has 1 aliphatic rings. The first-order valence-electron chi connectivity index (χ1n) is 7.09. The van der Waals surface area contributed by atoms with E-state index in [4.69, 9.17) is 4.74 Å². The number of hydrogen-bond acceptors (Lipinski definition) is 4. The monoisotopic (exact) mass is 307 g/mol. The van der Waals surface area contributed by atoms with Gasteiger partial charge in [-0.3, -0.25) is 4.79 Å². The molecule has 0 spiro atoms. The number of nitrogens with zero attached hydrogens (tertiary/aromatic N) is 1. The van der Waals surface area contributed by atoms with Gasteiger partial charge in [-0.2, -0.15) is 4.31 Å². The Balaban J connectivity index is 2.89. The lowest BCUT2D eigenvalue weighted by molar-refractivity contribution is -0.142. The molecule has 20 heavy (non-hydrogen) atoms. The minimum absolute atomic E-state index is 0.0630. The molecule has 0 aromatic heterocycles. The highest BCUT2D eigenvalue weighted by atomic mass is 32.2. The SMILES string of the molecule is CCCN(C1COCC1C(=O)O)S(=O)(=O)CCC(C)C. The molecule has 118 valence electrons. The number of carboxylic acid groups (broad SMARTS) is 1. The largest absolute Gasteiger partial charge is 0.481 e. The number of carbonyl (C=O) groups is 1. The van der Waals surface area contributed by atoms with Crippen LogP contribution in [0.2, 0.25) is 0 Å². The molecule has 0 radical (unpaired) electrons. The van der Waals surface area contributed by atoms with Crippen LogP contribution in [0.5, 0.6) is 0 Å². The second-order valence-corrected chi connectivity index (χ2v) is 7.70. The van der Waals surface area contributed by atoms with Crippen molar-refractivity contribution < 1.29 is 23.1 Å². The van der Waals surface area contributed by atoms with Gasteiger partial charge < -0.3 is 9.84 Å². The van der Waals surface area contributed by atoms with Crippen LogP contribution in [0, 0.1) is 11.8 Å². The van der Waals surface area contributed by atoms with E-state index in [-0.39, 0.29) is 19.0 Å². The second-order valence-electron chi connectivity index (χ2n) is 5.66. The van der Waals surface area contributed by atoms with Crippen molar-refractivity contribution in [1.82, 2.24) is 4.31 Å². The maximum atomic E-state index is 12.5. The van der Waals surface area contributed by atoms with Crippen LogP contribution in [-0.4, -0.2) is 55.4 Å². The van der Waals surface area contributed by atoms with Crippen LogP contribution in [-0.2, 0) is 19.6 Å². The van der Waals surface area contributed by atoms with Gasteiger partial charge >= 0.3 is 5.97 Å². The summed E-state index contributed by atoms with van der Waals surface area (Å²) in [5.41, 5.74) is 0. The van der Waals surface area contributed by atoms with Crippen molar-refractivity contribution in [2.75, 3.05) is 25.5 Å². The van der Waals surface area contributed by atoms with E-state index in [9.17, 15) is 18.3 Å². The lowest BCUT2D eigenvalue weighted by atomic mass is 10.0. The highest BCUT2D eigenvalue weighted by Crippen LogP contribution is 2.24. The van der Waals surface area contributed by atoms with Crippen molar-refractivity contribution in [3.8, 4) is 0 Å². The highest BCUT2D eigenvalue weighted by molar-refractivity contribution is 7.89. The van der Waals surface area contributed by atoms with E-state index in [1.165, 1.54) is 4.31 Å². The van der Waals surface area contributed by atoms with Gasteiger partial charge in [-0.25, -0.2) is 8.42 Å². The second kappa shape index (κ2) is 7.38. The summed E-state index contributed by atoms with van der Waals surface area (Å²) in [4.78, 5) is 11.2. The summed E-state index contributed by atoms with van der Waals surface area (Å²) in [6.45, 7) is 6.42. The molecule has 0 bridgehead atoms. The van der Waals surface area contributed by atoms with Crippen molar-refractivity contribution in [3.05, 3.63) is 0 Å². The zero-order chi connectivity index (χ0) is 15.3. The molecule has 0 aromatic rings. The minimum atomic E-state index is -3.44. The molecule has 0 aliphatic carbocycles. The molecule has 2 atom stereocenters. The third-order valence-corrected chi connectivity index (χ3v) is 5.41. The normalized spacial score (nSPS) is 23.6. The van der Waals surface area contributed by atoms with Gasteiger partial charge in [-0.05, 0) is 18.8 Å². The van der Waals surface area contributed by atoms with Crippen LogP contribution in [0.15, 0.2) is 0 Å². The van der Waals surface area contributed by atoms with Crippen LogP contribution in [0.3, 0.4) is 0 Å². The summed E-state index contributed by atoms with van der Waals surface area (Å²) in [7, 11) is -3.44. The Morgan fingerprint density at radius 3 is 2.55 bits per heavy atom. The molecule has 1 N–H and O–H groups in total. The maximum Gasteiger partial charge on any atom is 0.310 e. The number of carboxylic acids is 1. The standard InChI is InChI=1S/C13H25NO5S/c1-4-6-14(20(17,18)7-5-10(2)3)12-9-19-8-11(12)13(15)16/h10-12H,4-9H2,1-3H3,(H,15,16). The first-order chi connectivity index (χ1) is 9.29. The number of aliphatic carboxylic acids is 1. The Bertz CT molecular complexity index is 420. The van der Waals surface area contributed by atoms with Gasteiger partial charge in [-0.15, -0.1) is 0 Å². The van der Waals surface area contributed by atoms with Crippen molar-refractivity contribution in [1.29, 1.82) is 0 Å². The molecule has 7 heteroatoms. The Morgan fingerprint density at radius 2 is 2.05 bits per heavy atom. The molecule has 1 saturated heterocycles. The van der Waals surface area contributed by atoms with Crippen LogP contribution < -0.4 is 0 Å². The van der Waals surface area contributed by atoms with Gasteiger partial charge in [0.15, 0.2) is 0 Å². The van der Waals surface area contributed by atoms with E-state index in [1.54, 1.807) is 0 Å². The van der Waals surface area contributed by atoms with Crippen molar-refractivity contribution in [2.45, 2.75) is 39.7 Å². The number of sulfonamides is 1. The molecule has 2 unspecified atom stereocenters. The number of hydrogen-bond donors (Lipinski definition) is 1. The van der Waals surface area contributed by atoms with E-state index in [0.717, 1.165) is 0 Å². The Kier molecular flexibility index (Phi) is 6.42. The summed E-state index contributed by atoms with van der Waals surface area (Å²) < 4.78 is 31.5. The molecule has 0 saturated carbocycles. The third kappa shape index (κ3) is 4.43. The molecule has 0 amide bonds. The van der Waals surface area contributed by atoms with Crippen molar-refractivity contribution in [2.24, 2.45) is 11.8 Å². The molecular weight excluding hydrogens is 282 g/mol. The smallest absolute Gasteiger partial charge is 0.310 e. The van der Waals surface area contributed by atoms with E-state index in [2.05, 4.69) is 0 Å². The van der Waals surface area contributed by atoms with Crippen LogP contribution >= 0.6 is 0 Å². The Morgan fingerprint density at radius 1 is 1.40 bits per heavy atom. The molecule has 1 rings (SSSR count). The molecule has 1 heterocycles. The van der Waals surface area contributed by atoms with Crippen molar-refractivity contribution in [3.63, 3.8) is 0 Å². The quantitative estimate of drug-likeness (QED) is 0.728. The summed E-state index contributed by atoms with van der Waals surface area (Å²) in [5.74, 6) is -1.40. The summed E-state index contributed by atoms with van der Waals surface area (Å²) in [6, 6.07) is -0.579. The zero-order valence-electron chi connectivity index (χ0n) is 12.4. The van der Waals surface area contributed by atoms with E-state index in [0.29, 0.717) is 25.3 Å². The van der Waals surface area contributed by atoms with Gasteiger partial charge in [0.25, 0.3) is 0 Å². The van der Waals surface area contributed by atoms with Gasteiger partial charge in [0.2, 0.25) is 10.0 Å².